The number of aliphatic hydroxyl groups is 1. The molecule has 1 heterocycles. The minimum absolute atomic E-state index is 0.0607. The maximum atomic E-state index is 9.59. The summed E-state index contributed by atoms with van der Waals surface area (Å²) in [4.78, 5) is 0. The van der Waals surface area contributed by atoms with Gasteiger partial charge in [0.25, 0.3) is 0 Å². The Morgan fingerprint density at radius 2 is 1.77 bits per heavy atom. The fourth-order valence-electron chi connectivity index (χ4n) is 2.32. The molecular formula is C17H27BO4. The second-order valence-corrected chi connectivity index (χ2v) is 6.82. The monoisotopic (exact) mass is 306 g/mol. The normalized spacial score (nSPS) is 19.5. The van der Waals surface area contributed by atoms with Crippen LogP contribution in [0.1, 0.15) is 53.0 Å². The van der Waals surface area contributed by atoms with Crippen LogP contribution in [0.5, 0.6) is 5.75 Å². The summed E-state index contributed by atoms with van der Waals surface area (Å²) >= 11 is 0. The van der Waals surface area contributed by atoms with Crippen LogP contribution in [0.4, 0.5) is 0 Å². The lowest BCUT2D eigenvalue weighted by molar-refractivity contribution is 0.00578. The molecule has 1 saturated heterocycles. The van der Waals surface area contributed by atoms with Gasteiger partial charge in [-0.3, -0.25) is 0 Å². The Bertz CT molecular complexity index is 497. The zero-order valence-electron chi connectivity index (χ0n) is 14.3. The van der Waals surface area contributed by atoms with Crippen LogP contribution < -0.4 is 10.2 Å². The van der Waals surface area contributed by atoms with Gasteiger partial charge in [-0.05, 0) is 45.6 Å². The Kier molecular flexibility index (Phi) is 5.20. The Morgan fingerprint density at radius 3 is 2.32 bits per heavy atom. The van der Waals surface area contributed by atoms with Crippen molar-refractivity contribution in [1.29, 1.82) is 0 Å². The summed E-state index contributed by atoms with van der Waals surface area (Å²) in [6.45, 7) is 10.8. The molecule has 0 atom stereocenters. The van der Waals surface area contributed by atoms with Gasteiger partial charge in [0.2, 0.25) is 0 Å². The number of rotatable bonds is 6. The van der Waals surface area contributed by atoms with E-state index in [4.69, 9.17) is 14.0 Å². The summed E-state index contributed by atoms with van der Waals surface area (Å²) in [5.74, 6) is 0.733. The molecule has 5 heteroatoms. The van der Waals surface area contributed by atoms with Crippen LogP contribution in [-0.4, -0.2) is 30.0 Å². The topological polar surface area (TPSA) is 47.9 Å². The van der Waals surface area contributed by atoms with Crippen molar-refractivity contribution in [2.24, 2.45) is 0 Å². The molecular weight excluding hydrogens is 279 g/mol. The predicted octanol–water partition coefficient (Wildman–Crippen LogP) is 2.66. The van der Waals surface area contributed by atoms with E-state index in [2.05, 4.69) is 6.92 Å². The van der Waals surface area contributed by atoms with Gasteiger partial charge in [-0.1, -0.05) is 25.5 Å². The fraction of sp³-hybridized carbons (Fsp3) is 0.647. The molecule has 0 unspecified atom stereocenters. The Balaban J connectivity index is 2.16. The predicted molar refractivity (Wildman–Crippen MR) is 88.5 cm³/mol. The highest BCUT2D eigenvalue weighted by molar-refractivity contribution is 6.62. The Morgan fingerprint density at radius 1 is 1.14 bits per heavy atom. The van der Waals surface area contributed by atoms with E-state index in [0.717, 1.165) is 29.6 Å². The van der Waals surface area contributed by atoms with E-state index in [1.807, 2.05) is 45.9 Å². The van der Waals surface area contributed by atoms with Crippen LogP contribution in [-0.2, 0) is 15.9 Å². The van der Waals surface area contributed by atoms with Crippen molar-refractivity contribution in [1.82, 2.24) is 0 Å². The number of unbranched alkanes of at least 4 members (excludes halogenated alkanes) is 1. The van der Waals surface area contributed by atoms with E-state index in [9.17, 15) is 5.11 Å². The van der Waals surface area contributed by atoms with Crippen LogP contribution in [0.2, 0.25) is 0 Å². The molecule has 2 rings (SSSR count). The first-order valence-corrected chi connectivity index (χ1v) is 8.03. The SMILES string of the molecule is CCCCOc1ccc(B2OC(C)(C)C(C)(C)O2)cc1CO. The summed E-state index contributed by atoms with van der Waals surface area (Å²) < 4.78 is 17.8. The molecule has 0 spiro atoms. The number of aliphatic hydroxyl groups excluding tert-OH is 1. The van der Waals surface area contributed by atoms with Crippen molar-refractivity contribution in [3.05, 3.63) is 23.8 Å². The van der Waals surface area contributed by atoms with Crippen molar-refractivity contribution in [3.8, 4) is 5.75 Å². The number of benzene rings is 1. The molecule has 1 aromatic rings. The first-order valence-electron chi connectivity index (χ1n) is 8.03. The second kappa shape index (κ2) is 6.61. The van der Waals surface area contributed by atoms with Crippen LogP contribution in [0.3, 0.4) is 0 Å². The highest BCUT2D eigenvalue weighted by Crippen LogP contribution is 2.36. The fourth-order valence-corrected chi connectivity index (χ4v) is 2.32. The van der Waals surface area contributed by atoms with Gasteiger partial charge in [-0.15, -0.1) is 0 Å². The molecule has 1 aliphatic rings. The van der Waals surface area contributed by atoms with Crippen molar-refractivity contribution >= 4 is 12.6 Å². The standard InChI is InChI=1S/C17H27BO4/c1-6-7-10-20-15-9-8-14(11-13(15)12-19)18-21-16(2,3)17(4,5)22-18/h8-9,11,19H,6-7,10,12H2,1-5H3. The molecule has 1 N–H and O–H groups in total. The molecule has 1 aromatic carbocycles. The highest BCUT2D eigenvalue weighted by Gasteiger charge is 2.51. The minimum Gasteiger partial charge on any atom is -0.493 e. The third-order valence-corrected chi connectivity index (χ3v) is 4.54. The average molecular weight is 306 g/mol. The molecule has 122 valence electrons. The van der Waals surface area contributed by atoms with Gasteiger partial charge in [-0.2, -0.15) is 0 Å². The number of hydrogen-bond acceptors (Lipinski definition) is 4. The van der Waals surface area contributed by atoms with Crippen LogP contribution in [0.25, 0.3) is 0 Å². The summed E-state index contributed by atoms with van der Waals surface area (Å²) in [5.41, 5.74) is 0.939. The summed E-state index contributed by atoms with van der Waals surface area (Å²) in [6, 6.07) is 5.74. The van der Waals surface area contributed by atoms with Crippen molar-refractivity contribution in [2.75, 3.05) is 6.61 Å². The third kappa shape index (κ3) is 3.48. The molecule has 0 aromatic heterocycles. The van der Waals surface area contributed by atoms with Crippen molar-refractivity contribution in [3.63, 3.8) is 0 Å². The van der Waals surface area contributed by atoms with E-state index >= 15 is 0 Å². The van der Waals surface area contributed by atoms with Gasteiger partial charge in [0.05, 0.1) is 24.4 Å². The van der Waals surface area contributed by atoms with Gasteiger partial charge in [-0.25, -0.2) is 0 Å². The quantitative estimate of drug-likeness (QED) is 0.648. The first-order chi connectivity index (χ1) is 10.3. The van der Waals surface area contributed by atoms with Gasteiger partial charge in [0, 0.05) is 5.56 Å². The van der Waals surface area contributed by atoms with Crippen molar-refractivity contribution < 1.29 is 19.2 Å². The smallest absolute Gasteiger partial charge is 0.493 e. The third-order valence-electron chi connectivity index (χ3n) is 4.54. The highest BCUT2D eigenvalue weighted by atomic mass is 16.7. The van der Waals surface area contributed by atoms with Gasteiger partial charge in [0.15, 0.2) is 0 Å². The second-order valence-electron chi connectivity index (χ2n) is 6.82. The zero-order valence-corrected chi connectivity index (χ0v) is 14.3. The Hall–Kier alpha value is -1.04. The summed E-state index contributed by atoms with van der Waals surface area (Å²) in [5, 5.41) is 9.59. The molecule has 0 amide bonds. The maximum Gasteiger partial charge on any atom is 0.494 e. The largest absolute Gasteiger partial charge is 0.494 e. The molecule has 0 saturated carbocycles. The van der Waals surface area contributed by atoms with E-state index in [0.29, 0.717) is 6.61 Å². The summed E-state index contributed by atoms with van der Waals surface area (Å²) in [7, 11) is -0.417. The maximum absolute atomic E-state index is 9.59. The van der Waals surface area contributed by atoms with Crippen LogP contribution in [0, 0.1) is 0 Å². The number of hydrogen-bond donors (Lipinski definition) is 1. The van der Waals surface area contributed by atoms with Gasteiger partial charge in [0.1, 0.15) is 5.75 Å². The lowest BCUT2D eigenvalue weighted by Crippen LogP contribution is -2.41. The molecule has 4 nitrogen and oxygen atoms in total. The van der Waals surface area contributed by atoms with E-state index < -0.39 is 7.12 Å². The number of ether oxygens (including phenoxy) is 1. The molecule has 1 aliphatic heterocycles. The molecule has 22 heavy (non-hydrogen) atoms. The molecule has 1 fully saturated rings. The van der Waals surface area contributed by atoms with Gasteiger partial charge >= 0.3 is 7.12 Å². The lowest BCUT2D eigenvalue weighted by atomic mass is 9.78. The molecule has 0 radical (unpaired) electrons. The zero-order chi connectivity index (χ0) is 16.4. The molecule has 0 aliphatic carbocycles. The Labute approximate surface area is 133 Å². The summed E-state index contributed by atoms with van der Waals surface area (Å²) in [6.07, 6.45) is 2.09. The van der Waals surface area contributed by atoms with Crippen molar-refractivity contribution in [2.45, 2.75) is 65.3 Å². The van der Waals surface area contributed by atoms with E-state index in [1.165, 1.54) is 0 Å². The van der Waals surface area contributed by atoms with Gasteiger partial charge < -0.3 is 19.2 Å². The average Bonchev–Trinajstić information content (AvgIpc) is 2.68. The first kappa shape index (κ1) is 17.3. The molecule has 0 bridgehead atoms. The van der Waals surface area contributed by atoms with E-state index in [1.54, 1.807) is 0 Å². The van der Waals surface area contributed by atoms with Crippen LogP contribution in [0.15, 0.2) is 18.2 Å². The minimum atomic E-state index is -0.417. The van der Waals surface area contributed by atoms with E-state index in [-0.39, 0.29) is 17.8 Å². The lowest BCUT2D eigenvalue weighted by Gasteiger charge is -2.32. The van der Waals surface area contributed by atoms with Crippen LogP contribution >= 0.6 is 0 Å².